The van der Waals surface area contributed by atoms with Gasteiger partial charge in [-0.3, -0.25) is 0 Å². The van der Waals surface area contributed by atoms with Gasteiger partial charge >= 0.3 is 0 Å². The second-order valence-corrected chi connectivity index (χ2v) is 6.18. The molecule has 0 amide bonds. The minimum atomic E-state index is -0.719. The number of halogens is 1. The lowest BCUT2D eigenvalue weighted by Gasteiger charge is -2.38. The third kappa shape index (κ3) is 2.18. The Morgan fingerprint density at radius 1 is 1.22 bits per heavy atom. The van der Waals surface area contributed by atoms with Gasteiger partial charge in [0.25, 0.3) is 0 Å². The number of aliphatic hydroxyl groups is 1. The molecule has 0 aromatic heterocycles. The van der Waals surface area contributed by atoms with E-state index in [0.717, 1.165) is 36.3 Å². The first kappa shape index (κ1) is 12.2. The molecular weight excluding hydrogens is 227 g/mol. The van der Waals surface area contributed by atoms with Gasteiger partial charge in [-0.1, -0.05) is 6.07 Å². The van der Waals surface area contributed by atoms with Crippen LogP contribution in [0.4, 0.5) is 4.39 Å². The second kappa shape index (κ2) is 4.34. The largest absolute Gasteiger partial charge is 0.385 e. The third-order valence-electron chi connectivity index (χ3n) is 4.74. The molecule has 1 N–H and O–H groups in total. The van der Waals surface area contributed by atoms with E-state index < -0.39 is 5.60 Å². The predicted molar refractivity (Wildman–Crippen MR) is 69.7 cm³/mol. The fourth-order valence-corrected chi connectivity index (χ4v) is 3.66. The zero-order chi connectivity index (χ0) is 12.8. The Balaban J connectivity index is 1.87. The summed E-state index contributed by atoms with van der Waals surface area (Å²) in [5.74, 6) is 1.31. The summed E-state index contributed by atoms with van der Waals surface area (Å²) >= 11 is 0. The van der Waals surface area contributed by atoms with E-state index in [9.17, 15) is 9.50 Å². The monoisotopic (exact) mass is 248 g/mol. The molecule has 0 spiro atoms. The molecule has 0 radical (unpaired) electrons. The Morgan fingerprint density at radius 3 is 2.67 bits per heavy atom. The van der Waals surface area contributed by atoms with E-state index >= 15 is 0 Å². The summed E-state index contributed by atoms with van der Waals surface area (Å²) in [6.45, 7) is 1.90. The van der Waals surface area contributed by atoms with Crippen LogP contribution in [0.15, 0.2) is 18.2 Å². The first-order chi connectivity index (χ1) is 8.58. The SMILES string of the molecule is Cc1cc(F)ccc1C1(O)CCCC(C2CC2)C1. The van der Waals surface area contributed by atoms with Crippen molar-refractivity contribution in [3.05, 3.63) is 35.1 Å². The smallest absolute Gasteiger partial charge is 0.123 e. The van der Waals surface area contributed by atoms with Crippen molar-refractivity contribution in [2.24, 2.45) is 11.8 Å². The fourth-order valence-electron chi connectivity index (χ4n) is 3.66. The molecule has 0 aliphatic heterocycles. The fraction of sp³-hybridized carbons (Fsp3) is 0.625. The van der Waals surface area contributed by atoms with Crippen LogP contribution in [0.5, 0.6) is 0 Å². The van der Waals surface area contributed by atoms with E-state index in [2.05, 4.69) is 0 Å². The highest BCUT2D eigenvalue weighted by Crippen LogP contribution is 2.49. The van der Waals surface area contributed by atoms with Crippen molar-refractivity contribution in [1.82, 2.24) is 0 Å². The first-order valence-electron chi connectivity index (χ1n) is 7.07. The summed E-state index contributed by atoms with van der Waals surface area (Å²) < 4.78 is 13.2. The van der Waals surface area contributed by atoms with Crippen LogP contribution in [-0.4, -0.2) is 5.11 Å². The number of rotatable bonds is 2. The lowest BCUT2D eigenvalue weighted by atomic mass is 9.72. The topological polar surface area (TPSA) is 20.2 Å². The van der Waals surface area contributed by atoms with Crippen molar-refractivity contribution in [1.29, 1.82) is 0 Å². The molecule has 98 valence electrons. The number of aryl methyl sites for hydroxylation is 1. The van der Waals surface area contributed by atoms with Crippen molar-refractivity contribution in [3.8, 4) is 0 Å². The van der Waals surface area contributed by atoms with Crippen LogP contribution in [0.3, 0.4) is 0 Å². The molecule has 2 unspecified atom stereocenters. The molecule has 0 heterocycles. The maximum atomic E-state index is 13.2. The van der Waals surface area contributed by atoms with Crippen LogP contribution in [-0.2, 0) is 5.60 Å². The van der Waals surface area contributed by atoms with Gasteiger partial charge in [0.1, 0.15) is 5.82 Å². The van der Waals surface area contributed by atoms with E-state index in [1.165, 1.54) is 31.4 Å². The van der Waals surface area contributed by atoms with E-state index in [4.69, 9.17) is 0 Å². The van der Waals surface area contributed by atoms with Gasteiger partial charge < -0.3 is 5.11 Å². The summed E-state index contributed by atoms with van der Waals surface area (Å²) in [6, 6.07) is 4.79. The van der Waals surface area contributed by atoms with Gasteiger partial charge in [-0.2, -0.15) is 0 Å². The molecule has 2 heteroatoms. The van der Waals surface area contributed by atoms with Crippen LogP contribution < -0.4 is 0 Å². The summed E-state index contributed by atoms with van der Waals surface area (Å²) in [6.07, 6.45) is 6.71. The van der Waals surface area contributed by atoms with Crippen molar-refractivity contribution in [2.45, 2.75) is 51.0 Å². The Labute approximate surface area is 108 Å². The Bertz CT molecular complexity index is 452. The molecule has 18 heavy (non-hydrogen) atoms. The van der Waals surface area contributed by atoms with Crippen LogP contribution in [0.1, 0.15) is 49.7 Å². The van der Waals surface area contributed by atoms with Gasteiger partial charge in [-0.25, -0.2) is 4.39 Å². The molecule has 2 saturated carbocycles. The summed E-state index contributed by atoms with van der Waals surface area (Å²) in [5, 5.41) is 10.9. The molecular formula is C16H21FO. The first-order valence-corrected chi connectivity index (χ1v) is 7.07. The zero-order valence-corrected chi connectivity index (χ0v) is 11.0. The van der Waals surface area contributed by atoms with E-state index in [1.807, 2.05) is 6.92 Å². The quantitative estimate of drug-likeness (QED) is 0.841. The third-order valence-corrected chi connectivity index (χ3v) is 4.74. The van der Waals surface area contributed by atoms with Crippen molar-refractivity contribution in [3.63, 3.8) is 0 Å². The van der Waals surface area contributed by atoms with Crippen molar-refractivity contribution >= 4 is 0 Å². The van der Waals surface area contributed by atoms with E-state index in [1.54, 1.807) is 6.07 Å². The van der Waals surface area contributed by atoms with Gasteiger partial charge in [0.2, 0.25) is 0 Å². The van der Waals surface area contributed by atoms with Crippen LogP contribution >= 0.6 is 0 Å². The Hall–Kier alpha value is -0.890. The molecule has 2 atom stereocenters. The van der Waals surface area contributed by atoms with Gasteiger partial charge in [-0.05, 0) is 80.5 Å². The highest BCUT2D eigenvalue weighted by molar-refractivity contribution is 5.32. The molecule has 0 saturated heterocycles. The zero-order valence-electron chi connectivity index (χ0n) is 11.0. The van der Waals surface area contributed by atoms with Gasteiger partial charge in [0.15, 0.2) is 0 Å². The van der Waals surface area contributed by atoms with E-state index in [0.29, 0.717) is 5.92 Å². The minimum Gasteiger partial charge on any atom is -0.385 e. The Kier molecular flexibility index (Phi) is 2.93. The molecule has 2 aliphatic carbocycles. The highest BCUT2D eigenvalue weighted by atomic mass is 19.1. The Morgan fingerprint density at radius 2 is 2.00 bits per heavy atom. The molecule has 0 bridgehead atoms. The molecule has 2 aliphatic rings. The molecule has 1 aromatic carbocycles. The highest BCUT2D eigenvalue weighted by Gasteiger charge is 2.42. The standard InChI is InChI=1S/C16H21FO/c1-11-9-14(17)6-7-15(11)16(18)8-2-3-13(10-16)12-4-5-12/h6-7,9,12-13,18H,2-5,8,10H2,1H3. The summed E-state index contributed by atoms with van der Waals surface area (Å²) in [7, 11) is 0. The number of hydrogen-bond donors (Lipinski definition) is 1. The molecule has 3 rings (SSSR count). The van der Waals surface area contributed by atoms with Crippen molar-refractivity contribution < 1.29 is 9.50 Å². The van der Waals surface area contributed by atoms with Gasteiger partial charge in [0, 0.05) is 0 Å². The molecule has 2 fully saturated rings. The number of benzene rings is 1. The maximum Gasteiger partial charge on any atom is 0.123 e. The average molecular weight is 248 g/mol. The molecule has 1 nitrogen and oxygen atoms in total. The second-order valence-electron chi connectivity index (χ2n) is 6.18. The maximum absolute atomic E-state index is 13.2. The average Bonchev–Trinajstić information content (AvgIpc) is 3.12. The van der Waals surface area contributed by atoms with Crippen LogP contribution in [0.25, 0.3) is 0 Å². The summed E-state index contributed by atoms with van der Waals surface area (Å²) in [4.78, 5) is 0. The summed E-state index contributed by atoms with van der Waals surface area (Å²) in [5.41, 5.74) is 1.10. The lowest BCUT2D eigenvalue weighted by molar-refractivity contribution is -0.0256. The van der Waals surface area contributed by atoms with E-state index in [-0.39, 0.29) is 5.82 Å². The van der Waals surface area contributed by atoms with Crippen molar-refractivity contribution in [2.75, 3.05) is 0 Å². The van der Waals surface area contributed by atoms with Gasteiger partial charge in [-0.15, -0.1) is 0 Å². The van der Waals surface area contributed by atoms with Gasteiger partial charge in [0.05, 0.1) is 5.60 Å². The molecule has 1 aromatic rings. The lowest BCUT2D eigenvalue weighted by Crippen LogP contribution is -2.34. The normalized spacial score (nSPS) is 32.5. The van der Waals surface area contributed by atoms with Crippen LogP contribution in [0, 0.1) is 24.6 Å². The minimum absolute atomic E-state index is 0.214. The predicted octanol–water partition coefficient (Wildman–Crippen LogP) is 3.92. The van der Waals surface area contributed by atoms with Crippen LogP contribution in [0.2, 0.25) is 0 Å². The number of hydrogen-bond acceptors (Lipinski definition) is 1.